The summed E-state index contributed by atoms with van der Waals surface area (Å²) in [4.78, 5) is 12.0. The number of carbonyl (C=O) groups is 1. The molecule has 0 amide bonds. The van der Waals surface area contributed by atoms with Crippen molar-refractivity contribution < 1.29 is 18.3 Å². The molecule has 0 atom stereocenters. The van der Waals surface area contributed by atoms with Gasteiger partial charge in [0.25, 0.3) is 10.0 Å². The second kappa shape index (κ2) is 7.66. The molecule has 0 bridgehead atoms. The summed E-state index contributed by atoms with van der Waals surface area (Å²) in [6, 6.07) is 14.6. The number of rotatable bonds is 4. The molecule has 3 rings (SSSR count). The molecule has 136 valence electrons. The minimum Gasteiger partial charge on any atom is -0.478 e. The number of carboxylic acid groups (broad SMARTS) is 1. The van der Waals surface area contributed by atoms with Crippen molar-refractivity contribution in [3.8, 4) is 11.8 Å². The molecule has 5 nitrogen and oxygen atoms in total. The molecule has 0 radical (unpaired) electrons. The van der Waals surface area contributed by atoms with Crippen LogP contribution < -0.4 is 4.72 Å². The second-order valence-electron chi connectivity index (χ2n) is 5.70. The first kappa shape index (κ1) is 18.7. The molecule has 0 unspecified atom stereocenters. The molecule has 0 aliphatic rings. The molecule has 1 heterocycles. The van der Waals surface area contributed by atoms with Crippen LogP contribution in [0.25, 0.3) is 0 Å². The van der Waals surface area contributed by atoms with Gasteiger partial charge in [0.15, 0.2) is 0 Å². The summed E-state index contributed by atoms with van der Waals surface area (Å²) < 4.78 is 27.9. The van der Waals surface area contributed by atoms with Crippen molar-refractivity contribution in [1.82, 2.24) is 0 Å². The number of anilines is 1. The van der Waals surface area contributed by atoms with Gasteiger partial charge in [0.2, 0.25) is 0 Å². The lowest BCUT2D eigenvalue weighted by atomic mass is 10.1. The van der Waals surface area contributed by atoms with Crippen molar-refractivity contribution in [2.75, 3.05) is 4.72 Å². The van der Waals surface area contributed by atoms with Gasteiger partial charge in [0.1, 0.15) is 0 Å². The summed E-state index contributed by atoms with van der Waals surface area (Å²) >= 11 is 1.53. The Morgan fingerprint density at radius 2 is 1.89 bits per heavy atom. The number of hydrogen-bond acceptors (Lipinski definition) is 4. The molecule has 0 saturated carbocycles. The number of sulfonamides is 1. The van der Waals surface area contributed by atoms with Crippen LogP contribution in [-0.4, -0.2) is 19.5 Å². The van der Waals surface area contributed by atoms with Crippen LogP contribution in [0, 0.1) is 18.8 Å². The highest BCUT2D eigenvalue weighted by molar-refractivity contribution is 7.92. The van der Waals surface area contributed by atoms with E-state index in [2.05, 4.69) is 16.6 Å². The molecule has 0 spiro atoms. The molecule has 1 aromatic heterocycles. The van der Waals surface area contributed by atoms with Gasteiger partial charge in [0, 0.05) is 5.56 Å². The van der Waals surface area contributed by atoms with Gasteiger partial charge in [-0.15, -0.1) is 11.3 Å². The lowest BCUT2D eigenvalue weighted by Gasteiger charge is -2.11. The van der Waals surface area contributed by atoms with Crippen LogP contribution in [0.4, 0.5) is 5.69 Å². The summed E-state index contributed by atoms with van der Waals surface area (Å²) in [6.45, 7) is 1.61. The first-order valence-electron chi connectivity index (χ1n) is 7.87. The Morgan fingerprint density at radius 1 is 1.07 bits per heavy atom. The fourth-order valence-corrected chi connectivity index (χ4v) is 4.27. The molecule has 7 heteroatoms. The van der Waals surface area contributed by atoms with E-state index in [4.69, 9.17) is 5.11 Å². The molecule has 27 heavy (non-hydrogen) atoms. The van der Waals surface area contributed by atoms with E-state index in [1.54, 1.807) is 31.2 Å². The Morgan fingerprint density at radius 3 is 2.59 bits per heavy atom. The van der Waals surface area contributed by atoms with Crippen LogP contribution in [0.15, 0.2) is 64.9 Å². The third-order valence-electron chi connectivity index (χ3n) is 3.69. The van der Waals surface area contributed by atoms with Crippen LogP contribution >= 0.6 is 11.3 Å². The SMILES string of the molecule is Cc1ccc(C(=O)O)cc1S(=O)(=O)Nc1cccc(C#Cc2cccs2)c1. The molecular formula is C20H15NO4S2. The maximum absolute atomic E-state index is 12.7. The number of hydrogen-bond donors (Lipinski definition) is 2. The van der Waals surface area contributed by atoms with Gasteiger partial charge in [-0.2, -0.15) is 0 Å². The summed E-state index contributed by atoms with van der Waals surface area (Å²) in [5.74, 6) is 4.83. The molecule has 2 aromatic carbocycles. The van der Waals surface area contributed by atoms with E-state index in [0.29, 0.717) is 16.8 Å². The van der Waals surface area contributed by atoms with Crippen LogP contribution in [0.2, 0.25) is 0 Å². The number of thiophene rings is 1. The van der Waals surface area contributed by atoms with E-state index in [9.17, 15) is 13.2 Å². The van der Waals surface area contributed by atoms with Gasteiger partial charge < -0.3 is 5.11 Å². The van der Waals surface area contributed by atoms with Crippen LogP contribution in [0.5, 0.6) is 0 Å². The molecule has 0 saturated heterocycles. The van der Waals surface area contributed by atoms with Crippen molar-refractivity contribution in [3.05, 3.63) is 81.5 Å². The van der Waals surface area contributed by atoms with Crippen molar-refractivity contribution in [1.29, 1.82) is 0 Å². The molecule has 0 fully saturated rings. The van der Waals surface area contributed by atoms with Gasteiger partial charge in [-0.05, 0) is 54.3 Å². The van der Waals surface area contributed by atoms with E-state index >= 15 is 0 Å². The highest BCUT2D eigenvalue weighted by atomic mass is 32.2. The number of carboxylic acids is 1. The van der Waals surface area contributed by atoms with E-state index in [1.165, 1.54) is 23.5 Å². The van der Waals surface area contributed by atoms with Gasteiger partial charge in [-0.3, -0.25) is 4.72 Å². The highest BCUT2D eigenvalue weighted by Crippen LogP contribution is 2.21. The largest absolute Gasteiger partial charge is 0.478 e. The summed E-state index contributed by atoms with van der Waals surface area (Å²) in [6.07, 6.45) is 0. The maximum Gasteiger partial charge on any atom is 0.335 e. The first-order valence-corrected chi connectivity index (χ1v) is 10.2. The average Bonchev–Trinajstić information content (AvgIpc) is 3.13. The summed E-state index contributed by atoms with van der Waals surface area (Å²) in [5.41, 5.74) is 1.39. The summed E-state index contributed by atoms with van der Waals surface area (Å²) in [7, 11) is -3.93. The Hall–Kier alpha value is -3.08. The van der Waals surface area contributed by atoms with E-state index < -0.39 is 16.0 Å². The minimum absolute atomic E-state index is 0.0718. The summed E-state index contributed by atoms with van der Waals surface area (Å²) in [5, 5.41) is 11.0. The average molecular weight is 397 g/mol. The molecule has 0 aliphatic heterocycles. The van der Waals surface area contributed by atoms with Crippen molar-refractivity contribution >= 4 is 33.0 Å². The Balaban J connectivity index is 1.89. The van der Waals surface area contributed by atoms with Crippen molar-refractivity contribution in [2.24, 2.45) is 0 Å². The molecular weight excluding hydrogens is 382 g/mol. The van der Waals surface area contributed by atoms with Gasteiger partial charge >= 0.3 is 5.97 Å². The second-order valence-corrected chi connectivity index (χ2v) is 8.30. The standard InChI is InChI=1S/C20H15NO4S2/c1-14-7-9-16(20(22)23)13-19(14)27(24,25)21-17-5-2-4-15(12-17)8-10-18-6-3-11-26-18/h2-7,9,11-13,21H,1H3,(H,22,23). The van der Waals surface area contributed by atoms with Crippen LogP contribution in [-0.2, 0) is 10.0 Å². The number of benzene rings is 2. The third kappa shape index (κ3) is 4.56. The number of nitrogens with one attached hydrogen (secondary N) is 1. The van der Waals surface area contributed by atoms with E-state index in [-0.39, 0.29) is 10.5 Å². The van der Waals surface area contributed by atoms with Crippen molar-refractivity contribution in [2.45, 2.75) is 11.8 Å². The third-order valence-corrected chi connectivity index (χ3v) is 6.00. The Bertz CT molecular complexity index is 1150. The van der Waals surface area contributed by atoms with Crippen LogP contribution in [0.3, 0.4) is 0 Å². The lowest BCUT2D eigenvalue weighted by molar-refractivity contribution is 0.0696. The predicted molar refractivity (Wildman–Crippen MR) is 106 cm³/mol. The minimum atomic E-state index is -3.93. The Labute approximate surface area is 161 Å². The van der Waals surface area contributed by atoms with Gasteiger partial charge in [-0.1, -0.05) is 30.0 Å². The number of aryl methyl sites for hydroxylation is 1. The molecule has 2 N–H and O–H groups in total. The van der Waals surface area contributed by atoms with Crippen LogP contribution in [0.1, 0.15) is 26.4 Å². The van der Waals surface area contributed by atoms with E-state index in [0.717, 1.165) is 10.9 Å². The monoisotopic (exact) mass is 397 g/mol. The van der Waals surface area contributed by atoms with Gasteiger partial charge in [0.05, 0.1) is 21.0 Å². The van der Waals surface area contributed by atoms with Crippen molar-refractivity contribution in [3.63, 3.8) is 0 Å². The highest BCUT2D eigenvalue weighted by Gasteiger charge is 2.19. The normalized spacial score (nSPS) is 10.7. The quantitative estimate of drug-likeness (QED) is 0.653. The number of aromatic carboxylic acids is 1. The zero-order valence-electron chi connectivity index (χ0n) is 14.3. The van der Waals surface area contributed by atoms with Gasteiger partial charge in [-0.25, -0.2) is 13.2 Å². The zero-order chi connectivity index (χ0) is 19.4. The fourth-order valence-electron chi connectivity index (χ4n) is 2.38. The molecule has 0 aliphatic carbocycles. The fraction of sp³-hybridized carbons (Fsp3) is 0.0500. The topological polar surface area (TPSA) is 83.5 Å². The lowest BCUT2D eigenvalue weighted by Crippen LogP contribution is -2.15. The van der Waals surface area contributed by atoms with E-state index in [1.807, 2.05) is 17.5 Å². The molecule has 3 aromatic rings. The predicted octanol–water partition coefficient (Wildman–Crippen LogP) is 3.96. The smallest absolute Gasteiger partial charge is 0.335 e. The maximum atomic E-state index is 12.7. The Kier molecular flexibility index (Phi) is 5.31. The zero-order valence-corrected chi connectivity index (χ0v) is 15.9. The first-order chi connectivity index (χ1) is 12.8.